The fourth-order valence-electron chi connectivity index (χ4n) is 3.70. The molecule has 0 spiro atoms. The van der Waals surface area contributed by atoms with E-state index in [0.717, 1.165) is 12.8 Å². The molecule has 3 aromatic rings. The molecule has 0 saturated carbocycles. The molecule has 1 aliphatic heterocycles. The van der Waals surface area contributed by atoms with Gasteiger partial charge in [-0.2, -0.15) is 4.98 Å². The van der Waals surface area contributed by atoms with Crippen molar-refractivity contribution in [2.75, 3.05) is 30.4 Å². The minimum Gasteiger partial charge on any atom is -0.495 e. The number of nitrogens with one attached hydrogen (secondary N) is 2. The van der Waals surface area contributed by atoms with Crippen LogP contribution in [0, 0.1) is 0 Å². The Morgan fingerprint density at radius 2 is 2.18 bits per heavy atom. The molecule has 1 saturated heterocycles. The fourth-order valence-corrected chi connectivity index (χ4v) is 3.94. The molecule has 1 amide bonds. The molecule has 10 nitrogen and oxygen atoms in total. The third kappa shape index (κ3) is 5.52. The summed E-state index contributed by atoms with van der Waals surface area (Å²) in [6.45, 7) is 1.03. The molecule has 178 valence electrons. The maximum absolute atomic E-state index is 13.0. The smallest absolute Gasteiger partial charge is 0.256 e. The Bertz CT molecular complexity index is 1230. The SMILES string of the molecule is [2H]C([2H])([2H])Oc1ccc(CNc2nc(N3CCC[C@H]3CO)ncc2C(=O)NCc2ncccn2)cc1Cl. The van der Waals surface area contributed by atoms with E-state index in [0.29, 0.717) is 29.7 Å². The van der Waals surface area contributed by atoms with Gasteiger partial charge in [0.25, 0.3) is 5.91 Å². The van der Waals surface area contributed by atoms with Gasteiger partial charge in [0.2, 0.25) is 5.95 Å². The fraction of sp³-hybridized carbons (Fsp3) is 0.348. The van der Waals surface area contributed by atoms with Gasteiger partial charge in [-0.15, -0.1) is 0 Å². The molecule has 4 rings (SSSR count). The van der Waals surface area contributed by atoms with E-state index < -0.39 is 12.9 Å². The highest BCUT2D eigenvalue weighted by molar-refractivity contribution is 6.32. The van der Waals surface area contributed by atoms with Crippen LogP contribution in [0.3, 0.4) is 0 Å². The molecule has 1 aromatic carbocycles. The monoisotopic (exact) mass is 486 g/mol. The number of aliphatic hydroxyl groups excluding tert-OH is 1. The summed E-state index contributed by atoms with van der Waals surface area (Å²) >= 11 is 6.21. The Kier molecular flexibility index (Phi) is 6.49. The maximum atomic E-state index is 13.0. The van der Waals surface area contributed by atoms with Crippen LogP contribution in [-0.2, 0) is 13.1 Å². The van der Waals surface area contributed by atoms with E-state index in [1.54, 1.807) is 30.6 Å². The Labute approximate surface area is 206 Å². The first-order valence-electron chi connectivity index (χ1n) is 12.2. The molecule has 11 heteroatoms. The van der Waals surface area contributed by atoms with E-state index in [-0.39, 0.29) is 42.1 Å². The summed E-state index contributed by atoms with van der Waals surface area (Å²) in [4.78, 5) is 32.1. The Hall–Kier alpha value is -3.50. The van der Waals surface area contributed by atoms with Gasteiger partial charge >= 0.3 is 0 Å². The lowest BCUT2D eigenvalue weighted by atomic mass is 10.2. The lowest BCUT2D eigenvalue weighted by Crippen LogP contribution is -2.34. The van der Waals surface area contributed by atoms with Gasteiger partial charge in [-0.1, -0.05) is 17.7 Å². The third-order valence-electron chi connectivity index (χ3n) is 5.46. The second-order valence-corrected chi connectivity index (χ2v) is 8.08. The zero-order chi connectivity index (χ0) is 26.4. The van der Waals surface area contributed by atoms with Gasteiger partial charge in [0.15, 0.2) is 0 Å². The normalized spacial score (nSPS) is 16.9. The molecule has 3 N–H and O–H groups in total. The highest BCUT2D eigenvalue weighted by Gasteiger charge is 2.27. The molecule has 0 bridgehead atoms. The number of nitrogens with zero attached hydrogens (tertiary/aromatic N) is 5. The van der Waals surface area contributed by atoms with Crippen LogP contribution in [0.15, 0.2) is 42.9 Å². The van der Waals surface area contributed by atoms with E-state index in [1.165, 1.54) is 12.3 Å². The minimum atomic E-state index is -2.62. The zero-order valence-electron chi connectivity index (χ0n) is 21.2. The number of amides is 1. The third-order valence-corrected chi connectivity index (χ3v) is 5.75. The first-order valence-corrected chi connectivity index (χ1v) is 11.1. The molecule has 0 aliphatic carbocycles. The number of aromatic nitrogens is 4. The summed E-state index contributed by atoms with van der Waals surface area (Å²) in [6, 6.07) is 6.31. The topological polar surface area (TPSA) is 125 Å². The lowest BCUT2D eigenvalue weighted by molar-refractivity contribution is 0.0950. The van der Waals surface area contributed by atoms with Crippen LogP contribution in [0.4, 0.5) is 11.8 Å². The number of ether oxygens (including phenoxy) is 1. The molecule has 34 heavy (non-hydrogen) atoms. The zero-order valence-corrected chi connectivity index (χ0v) is 19.0. The Balaban J connectivity index is 1.55. The van der Waals surface area contributed by atoms with E-state index in [1.807, 2.05) is 4.90 Å². The number of rotatable bonds is 9. The standard InChI is InChI=1S/C23H26ClN7O3/c1-34-19-6-5-15(10-18(19)24)11-27-21-17(22(33)28-13-20-25-7-3-8-26-20)12-29-23(30-21)31-9-2-4-16(31)14-32/h3,5-8,10,12,16,32H,2,4,9,11,13-14H2,1H3,(H,28,33)(H,27,29,30)/t16-/m0/s1/i1D3. The summed E-state index contributed by atoms with van der Waals surface area (Å²) in [5.41, 5.74) is 0.925. The van der Waals surface area contributed by atoms with E-state index in [9.17, 15) is 9.90 Å². The molecule has 1 fully saturated rings. The quantitative estimate of drug-likeness (QED) is 0.418. The van der Waals surface area contributed by atoms with Crippen molar-refractivity contribution in [1.29, 1.82) is 0 Å². The molecule has 1 atom stereocenters. The van der Waals surface area contributed by atoms with Gasteiger partial charge in [-0.05, 0) is 36.6 Å². The molecular weight excluding hydrogens is 458 g/mol. The van der Waals surface area contributed by atoms with Crippen molar-refractivity contribution >= 4 is 29.3 Å². The maximum Gasteiger partial charge on any atom is 0.256 e. The molecule has 2 aromatic heterocycles. The molecule has 0 unspecified atom stereocenters. The molecule has 3 heterocycles. The highest BCUT2D eigenvalue weighted by atomic mass is 35.5. The second kappa shape index (κ2) is 11.1. The van der Waals surface area contributed by atoms with Crippen LogP contribution < -0.4 is 20.3 Å². The van der Waals surface area contributed by atoms with E-state index in [2.05, 4.69) is 30.6 Å². The first kappa shape index (κ1) is 19.9. The summed E-state index contributed by atoms with van der Waals surface area (Å²) in [5.74, 6) is 0.781. The van der Waals surface area contributed by atoms with Crippen molar-refractivity contribution in [1.82, 2.24) is 25.3 Å². The van der Waals surface area contributed by atoms with Gasteiger partial charge in [-0.3, -0.25) is 4.79 Å². The Morgan fingerprint density at radius 3 is 2.94 bits per heavy atom. The first-order chi connectivity index (χ1) is 17.7. The van der Waals surface area contributed by atoms with Crippen molar-refractivity contribution in [3.05, 3.63) is 64.8 Å². The predicted octanol–water partition coefficient (Wildman–Crippen LogP) is 2.43. The van der Waals surface area contributed by atoms with Crippen molar-refractivity contribution in [3.63, 3.8) is 0 Å². The van der Waals surface area contributed by atoms with Crippen molar-refractivity contribution in [2.24, 2.45) is 0 Å². The average molecular weight is 487 g/mol. The summed E-state index contributed by atoms with van der Waals surface area (Å²) in [5, 5.41) is 15.8. The lowest BCUT2D eigenvalue weighted by Gasteiger charge is -2.24. The van der Waals surface area contributed by atoms with Crippen molar-refractivity contribution in [3.8, 4) is 5.75 Å². The molecule has 1 aliphatic rings. The predicted molar refractivity (Wildman–Crippen MR) is 128 cm³/mol. The second-order valence-electron chi connectivity index (χ2n) is 7.67. The number of halogens is 1. The van der Waals surface area contributed by atoms with E-state index >= 15 is 0 Å². The van der Waals surface area contributed by atoms with Crippen LogP contribution in [0.2, 0.25) is 5.02 Å². The van der Waals surface area contributed by atoms with Gasteiger partial charge in [0.05, 0.1) is 35.4 Å². The van der Waals surface area contributed by atoms with Gasteiger partial charge in [0, 0.05) is 31.7 Å². The van der Waals surface area contributed by atoms with Crippen molar-refractivity contribution in [2.45, 2.75) is 32.0 Å². The number of anilines is 2. The van der Waals surface area contributed by atoms with Gasteiger partial charge < -0.3 is 25.4 Å². The van der Waals surface area contributed by atoms with E-state index in [4.69, 9.17) is 20.5 Å². The summed E-state index contributed by atoms with van der Waals surface area (Å²) < 4.78 is 26.6. The Morgan fingerprint density at radius 1 is 1.32 bits per heavy atom. The van der Waals surface area contributed by atoms with Crippen LogP contribution >= 0.6 is 11.6 Å². The average Bonchev–Trinajstić information content (AvgIpc) is 3.36. The number of carbonyl (C=O) groups excluding carboxylic acids is 1. The number of hydrogen-bond acceptors (Lipinski definition) is 9. The molecular formula is C23H26ClN7O3. The minimum absolute atomic E-state index is 0.0192. The number of hydrogen-bond donors (Lipinski definition) is 3. The van der Waals surface area contributed by atoms with Crippen LogP contribution in [-0.4, -0.2) is 57.2 Å². The summed E-state index contributed by atoms with van der Waals surface area (Å²) in [6.07, 6.45) is 6.35. The van der Waals surface area contributed by atoms with Crippen molar-refractivity contribution < 1.29 is 18.8 Å². The number of methoxy groups -OCH3 is 1. The van der Waals surface area contributed by atoms with Crippen LogP contribution in [0.25, 0.3) is 0 Å². The van der Waals surface area contributed by atoms with Crippen LogP contribution in [0.5, 0.6) is 5.75 Å². The number of benzene rings is 1. The van der Waals surface area contributed by atoms with Crippen LogP contribution in [0.1, 0.15) is 38.7 Å². The molecule has 0 radical (unpaired) electrons. The number of aliphatic hydroxyl groups is 1. The highest BCUT2D eigenvalue weighted by Crippen LogP contribution is 2.27. The van der Waals surface area contributed by atoms with Gasteiger partial charge in [0.1, 0.15) is 23.0 Å². The largest absolute Gasteiger partial charge is 0.495 e. The summed E-state index contributed by atoms with van der Waals surface area (Å²) in [7, 11) is -2.62. The van der Waals surface area contributed by atoms with Gasteiger partial charge in [-0.25, -0.2) is 15.0 Å². The number of carbonyl (C=O) groups is 1.